The molecule has 1 aromatic rings. The third kappa shape index (κ3) is 2.59. The van der Waals surface area contributed by atoms with Crippen LogP contribution in [0.4, 0.5) is 13.2 Å². The van der Waals surface area contributed by atoms with Crippen LogP contribution in [0.3, 0.4) is 0 Å². The second-order valence-electron chi connectivity index (χ2n) is 2.26. The first kappa shape index (κ1) is 12.7. The summed E-state index contributed by atoms with van der Waals surface area (Å²) in [6.45, 7) is 0. The van der Waals surface area contributed by atoms with Gasteiger partial charge in [-0.15, -0.1) is 12.4 Å². The fraction of sp³-hybridized carbons (Fsp3) is 0.143. The highest BCUT2D eigenvalue weighted by molar-refractivity contribution is 5.92. The molecule has 1 amide bonds. The standard InChI is InChI=1S/C7H5F3N2O.ClH/c8-7(9,10)4-2-1-3-12-5(4)6(11)13;/h1-3H,(H2,11,13);1H. The molecule has 0 aliphatic heterocycles. The first-order chi connectivity index (χ1) is 5.93. The van der Waals surface area contributed by atoms with Crippen LogP contribution in [0.15, 0.2) is 18.3 Å². The Bertz CT molecular complexity index is 340. The molecule has 0 radical (unpaired) electrons. The molecule has 7 heteroatoms. The van der Waals surface area contributed by atoms with E-state index in [1.807, 2.05) is 0 Å². The molecule has 3 nitrogen and oxygen atoms in total. The third-order valence-electron chi connectivity index (χ3n) is 1.35. The minimum atomic E-state index is -4.60. The molecule has 78 valence electrons. The number of primary amides is 1. The quantitative estimate of drug-likeness (QED) is 0.791. The minimum Gasteiger partial charge on any atom is -0.364 e. The number of rotatable bonds is 1. The van der Waals surface area contributed by atoms with Gasteiger partial charge >= 0.3 is 6.18 Å². The van der Waals surface area contributed by atoms with Gasteiger partial charge in [-0.2, -0.15) is 13.2 Å². The topological polar surface area (TPSA) is 56.0 Å². The zero-order chi connectivity index (χ0) is 10.1. The van der Waals surface area contributed by atoms with Crippen LogP contribution in [-0.2, 0) is 6.18 Å². The van der Waals surface area contributed by atoms with E-state index in [2.05, 4.69) is 4.98 Å². The SMILES string of the molecule is Cl.NC(=O)c1ncccc1C(F)(F)F. The number of aromatic nitrogens is 1. The lowest BCUT2D eigenvalue weighted by Gasteiger charge is -2.08. The molecule has 0 bridgehead atoms. The molecule has 0 fully saturated rings. The van der Waals surface area contributed by atoms with Crippen molar-refractivity contribution in [1.82, 2.24) is 4.98 Å². The number of carbonyl (C=O) groups excluding carboxylic acids is 1. The van der Waals surface area contributed by atoms with Gasteiger partial charge in [-0.1, -0.05) is 0 Å². The van der Waals surface area contributed by atoms with Crippen molar-refractivity contribution < 1.29 is 18.0 Å². The van der Waals surface area contributed by atoms with Crippen molar-refractivity contribution >= 4 is 18.3 Å². The molecular weight excluding hydrogens is 221 g/mol. The van der Waals surface area contributed by atoms with E-state index in [1.165, 1.54) is 0 Å². The Kier molecular flexibility index (Phi) is 3.88. The Morgan fingerprint density at radius 2 is 2.00 bits per heavy atom. The van der Waals surface area contributed by atoms with Gasteiger partial charge < -0.3 is 5.73 Å². The molecular formula is C7H6ClF3N2O. The van der Waals surface area contributed by atoms with Gasteiger partial charge in [0.2, 0.25) is 0 Å². The van der Waals surface area contributed by atoms with E-state index >= 15 is 0 Å². The summed E-state index contributed by atoms with van der Waals surface area (Å²) in [6.07, 6.45) is -3.52. The summed E-state index contributed by atoms with van der Waals surface area (Å²) in [4.78, 5) is 13.8. The van der Waals surface area contributed by atoms with Crippen molar-refractivity contribution in [3.63, 3.8) is 0 Å². The minimum absolute atomic E-state index is 0. The molecule has 0 aliphatic rings. The van der Waals surface area contributed by atoms with Crippen LogP contribution < -0.4 is 5.73 Å². The second-order valence-corrected chi connectivity index (χ2v) is 2.26. The van der Waals surface area contributed by atoms with E-state index in [1.54, 1.807) is 0 Å². The fourth-order valence-electron chi connectivity index (χ4n) is 0.830. The second kappa shape index (κ2) is 4.28. The van der Waals surface area contributed by atoms with Crippen LogP contribution in [-0.4, -0.2) is 10.9 Å². The molecule has 14 heavy (non-hydrogen) atoms. The van der Waals surface area contributed by atoms with Crippen LogP contribution in [0.5, 0.6) is 0 Å². The number of nitrogens with two attached hydrogens (primary N) is 1. The van der Waals surface area contributed by atoms with E-state index in [9.17, 15) is 18.0 Å². The van der Waals surface area contributed by atoms with Crippen molar-refractivity contribution in [3.05, 3.63) is 29.6 Å². The van der Waals surface area contributed by atoms with E-state index in [0.717, 1.165) is 18.3 Å². The van der Waals surface area contributed by atoms with Gasteiger partial charge in [0.15, 0.2) is 0 Å². The lowest BCUT2D eigenvalue weighted by molar-refractivity contribution is -0.138. The van der Waals surface area contributed by atoms with Gasteiger partial charge in [-0.05, 0) is 12.1 Å². The molecule has 1 rings (SSSR count). The number of amides is 1. The highest BCUT2D eigenvalue weighted by atomic mass is 35.5. The van der Waals surface area contributed by atoms with Gasteiger partial charge in [0, 0.05) is 6.20 Å². The van der Waals surface area contributed by atoms with E-state index in [-0.39, 0.29) is 12.4 Å². The average Bonchev–Trinajstić information content (AvgIpc) is 2.03. The average molecular weight is 227 g/mol. The van der Waals surface area contributed by atoms with Crippen molar-refractivity contribution in [3.8, 4) is 0 Å². The normalized spacial score (nSPS) is 10.5. The number of hydrogen-bond acceptors (Lipinski definition) is 2. The summed E-state index contributed by atoms with van der Waals surface area (Å²) in [5, 5.41) is 0. The number of hydrogen-bond donors (Lipinski definition) is 1. The van der Waals surface area contributed by atoms with Crippen LogP contribution in [0.1, 0.15) is 16.1 Å². The summed E-state index contributed by atoms with van der Waals surface area (Å²) >= 11 is 0. The van der Waals surface area contributed by atoms with Crippen LogP contribution in [0.2, 0.25) is 0 Å². The van der Waals surface area contributed by atoms with Gasteiger partial charge in [-0.25, -0.2) is 0 Å². The lowest BCUT2D eigenvalue weighted by atomic mass is 10.2. The molecule has 0 aliphatic carbocycles. The number of pyridine rings is 1. The summed E-state index contributed by atoms with van der Waals surface area (Å²) in [7, 11) is 0. The molecule has 0 spiro atoms. The number of carbonyl (C=O) groups is 1. The Labute approximate surface area is 83.5 Å². The van der Waals surface area contributed by atoms with Crippen molar-refractivity contribution in [2.24, 2.45) is 5.73 Å². The van der Waals surface area contributed by atoms with Crippen LogP contribution in [0, 0.1) is 0 Å². The summed E-state index contributed by atoms with van der Waals surface area (Å²) in [6, 6.07) is 1.85. The van der Waals surface area contributed by atoms with Gasteiger partial charge in [0.25, 0.3) is 5.91 Å². The highest BCUT2D eigenvalue weighted by Gasteiger charge is 2.35. The lowest BCUT2D eigenvalue weighted by Crippen LogP contribution is -2.20. The van der Waals surface area contributed by atoms with E-state index in [4.69, 9.17) is 5.73 Å². The summed E-state index contributed by atoms with van der Waals surface area (Å²) < 4.78 is 36.5. The smallest absolute Gasteiger partial charge is 0.364 e. The third-order valence-corrected chi connectivity index (χ3v) is 1.35. The van der Waals surface area contributed by atoms with Gasteiger partial charge in [0.1, 0.15) is 5.69 Å². The first-order valence-electron chi connectivity index (χ1n) is 3.25. The molecule has 2 N–H and O–H groups in total. The molecule has 0 unspecified atom stereocenters. The first-order valence-corrected chi connectivity index (χ1v) is 3.25. The predicted molar refractivity (Wildman–Crippen MR) is 45.0 cm³/mol. The van der Waals surface area contributed by atoms with Crippen molar-refractivity contribution in [2.45, 2.75) is 6.18 Å². The van der Waals surface area contributed by atoms with Gasteiger partial charge in [-0.3, -0.25) is 9.78 Å². The zero-order valence-corrected chi connectivity index (χ0v) is 7.52. The number of nitrogens with zero attached hydrogens (tertiary/aromatic N) is 1. The largest absolute Gasteiger partial charge is 0.418 e. The summed E-state index contributed by atoms with van der Waals surface area (Å²) in [5.74, 6) is -1.19. The van der Waals surface area contributed by atoms with E-state index < -0.39 is 23.3 Å². The summed E-state index contributed by atoms with van der Waals surface area (Å²) in [5.41, 5.74) is 2.85. The molecule has 1 heterocycles. The maximum Gasteiger partial charge on any atom is 0.418 e. The Balaban J connectivity index is 0.00000169. The maximum atomic E-state index is 12.2. The monoisotopic (exact) mass is 226 g/mol. The molecule has 1 aromatic heterocycles. The van der Waals surface area contributed by atoms with Crippen molar-refractivity contribution in [1.29, 1.82) is 0 Å². The van der Waals surface area contributed by atoms with Crippen LogP contribution >= 0.6 is 12.4 Å². The Hall–Kier alpha value is -1.30. The van der Waals surface area contributed by atoms with Crippen LogP contribution in [0.25, 0.3) is 0 Å². The molecule has 0 aromatic carbocycles. The predicted octanol–water partition coefficient (Wildman–Crippen LogP) is 1.62. The molecule has 0 saturated heterocycles. The number of halogens is 4. The van der Waals surface area contributed by atoms with Gasteiger partial charge in [0.05, 0.1) is 5.56 Å². The maximum absolute atomic E-state index is 12.2. The number of alkyl halides is 3. The van der Waals surface area contributed by atoms with Crippen molar-refractivity contribution in [2.75, 3.05) is 0 Å². The highest BCUT2D eigenvalue weighted by Crippen LogP contribution is 2.30. The van der Waals surface area contributed by atoms with E-state index in [0.29, 0.717) is 0 Å². The Morgan fingerprint density at radius 3 is 2.36 bits per heavy atom. The fourth-order valence-corrected chi connectivity index (χ4v) is 0.830. The molecule has 0 saturated carbocycles. The molecule has 0 atom stereocenters. The zero-order valence-electron chi connectivity index (χ0n) is 6.71. The Morgan fingerprint density at radius 1 is 1.43 bits per heavy atom.